The molecule has 2 amide bonds. The van der Waals surface area contributed by atoms with Gasteiger partial charge in [-0.1, -0.05) is 46.9 Å². The highest BCUT2D eigenvalue weighted by atomic mass is 35.5. The predicted octanol–water partition coefficient (Wildman–Crippen LogP) is 5.18. The highest BCUT2D eigenvalue weighted by molar-refractivity contribution is 7.99. The van der Waals surface area contributed by atoms with Crippen molar-refractivity contribution in [3.05, 3.63) is 68.4 Å². The van der Waals surface area contributed by atoms with Gasteiger partial charge in [-0.25, -0.2) is 4.39 Å². The first kappa shape index (κ1) is 23.8. The maximum atomic E-state index is 13.9. The van der Waals surface area contributed by atoms with Gasteiger partial charge in [0.1, 0.15) is 11.9 Å². The Labute approximate surface area is 188 Å². The van der Waals surface area contributed by atoms with Crippen LogP contribution in [0.1, 0.15) is 18.1 Å². The number of nitrogens with one attached hydrogen (secondary N) is 1. The van der Waals surface area contributed by atoms with E-state index in [-0.39, 0.29) is 29.9 Å². The highest BCUT2D eigenvalue weighted by Crippen LogP contribution is 2.26. The Bertz CT molecular complexity index is 878. The van der Waals surface area contributed by atoms with E-state index in [1.807, 2.05) is 0 Å². The summed E-state index contributed by atoms with van der Waals surface area (Å²) in [6.07, 6.45) is 0. The van der Waals surface area contributed by atoms with E-state index >= 15 is 0 Å². The Morgan fingerprint density at radius 2 is 1.90 bits per heavy atom. The molecule has 29 heavy (non-hydrogen) atoms. The lowest BCUT2D eigenvalue weighted by Crippen LogP contribution is -2.47. The van der Waals surface area contributed by atoms with Crippen molar-refractivity contribution in [2.24, 2.45) is 0 Å². The molecule has 0 aliphatic carbocycles. The maximum Gasteiger partial charge on any atom is 0.242 e. The van der Waals surface area contributed by atoms with Crippen molar-refractivity contribution in [3.63, 3.8) is 0 Å². The van der Waals surface area contributed by atoms with Crippen LogP contribution in [0.4, 0.5) is 4.39 Å². The van der Waals surface area contributed by atoms with Crippen molar-refractivity contribution < 1.29 is 14.0 Å². The third-order valence-corrected chi connectivity index (χ3v) is 6.19. The third kappa shape index (κ3) is 6.51. The van der Waals surface area contributed by atoms with E-state index in [0.717, 1.165) is 0 Å². The topological polar surface area (TPSA) is 49.4 Å². The molecular formula is C20H20Cl3FN2O2S. The Balaban J connectivity index is 2.12. The molecule has 0 aromatic heterocycles. The Kier molecular flexibility index (Phi) is 9.08. The van der Waals surface area contributed by atoms with E-state index in [4.69, 9.17) is 34.8 Å². The summed E-state index contributed by atoms with van der Waals surface area (Å²) in [4.78, 5) is 26.4. The van der Waals surface area contributed by atoms with Gasteiger partial charge in [0.15, 0.2) is 0 Å². The van der Waals surface area contributed by atoms with E-state index in [2.05, 4.69) is 5.32 Å². The second kappa shape index (κ2) is 11.1. The number of likely N-dealkylation sites (N-methyl/N-ethyl adjacent to an activating group) is 1. The van der Waals surface area contributed by atoms with Crippen molar-refractivity contribution in [2.45, 2.75) is 25.3 Å². The molecule has 2 aromatic carbocycles. The number of hydrogen-bond donors (Lipinski definition) is 1. The van der Waals surface area contributed by atoms with E-state index in [0.29, 0.717) is 26.2 Å². The van der Waals surface area contributed by atoms with Gasteiger partial charge in [0, 0.05) is 40.0 Å². The van der Waals surface area contributed by atoms with Crippen LogP contribution in [0.3, 0.4) is 0 Å². The fourth-order valence-corrected chi connectivity index (χ4v) is 4.34. The quantitative estimate of drug-likeness (QED) is 0.570. The summed E-state index contributed by atoms with van der Waals surface area (Å²) in [7, 11) is 1.51. The number of carbonyl (C=O) groups is 2. The van der Waals surface area contributed by atoms with Gasteiger partial charge >= 0.3 is 0 Å². The predicted molar refractivity (Wildman–Crippen MR) is 118 cm³/mol. The number of carbonyl (C=O) groups excluding carboxylic acids is 2. The van der Waals surface area contributed by atoms with Crippen molar-refractivity contribution in [1.82, 2.24) is 10.2 Å². The molecule has 0 saturated carbocycles. The number of halogens is 4. The van der Waals surface area contributed by atoms with Crippen LogP contribution in [-0.2, 0) is 21.9 Å². The average molecular weight is 478 g/mol. The van der Waals surface area contributed by atoms with Crippen LogP contribution in [-0.4, -0.2) is 35.6 Å². The van der Waals surface area contributed by atoms with Crippen LogP contribution in [0, 0.1) is 5.82 Å². The van der Waals surface area contributed by atoms with Crippen LogP contribution in [0.15, 0.2) is 36.4 Å². The maximum absolute atomic E-state index is 13.9. The third-order valence-electron chi connectivity index (χ3n) is 4.30. The smallest absolute Gasteiger partial charge is 0.242 e. The molecule has 0 fully saturated rings. The molecule has 4 nitrogen and oxygen atoms in total. The molecular weight excluding hydrogens is 458 g/mol. The van der Waals surface area contributed by atoms with Crippen LogP contribution in [0.5, 0.6) is 0 Å². The molecule has 0 radical (unpaired) electrons. The fraction of sp³-hybridized carbons (Fsp3) is 0.300. The molecule has 0 bridgehead atoms. The van der Waals surface area contributed by atoms with Crippen LogP contribution >= 0.6 is 46.6 Å². The van der Waals surface area contributed by atoms with Gasteiger partial charge in [-0.2, -0.15) is 0 Å². The second-order valence-corrected chi connectivity index (χ2v) is 8.48. The zero-order valence-electron chi connectivity index (χ0n) is 15.8. The van der Waals surface area contributed by atoms with E-state index < -0.39 is 11.9 Å². The molecule has 2 rings (SSSR count). The summed E-state index contributed by atoms with van der Waals surface area (Å²) in [5, 5.41) is 3.75. The molecule has 1 atom stereocenters. The molecule has 0 spiro atoms. The summed E-state index contributed by atoms with van der Waals surface area (Å²) in [6, 6.07) is 8.72. The molecule has 1 N–H and O–H groups in total. The standard InChI is InChI=1S/C20H20Cl3FN2O2S/c1-12(20(28)25-2)26(9-13-6-7-14(21)8-17(13)23)19(27)11-29-10-15-16(22)4-3-5-18(15)24/h3-8,12H,9-11H2,1-2H3,(H,25,28)/t12-/m0/s1. The van der Waals surface area contributed by atoms with Gasteiger partial charge in [-0.15, -0.1) is 11.8 Å². The number of amides is 2. The first-order valence-electron chi connectivity index (χ1n) is 8.70. The molecule has 0 heterocycles. The minimum Gasteiger partial charge on any atom is -0.357 e. The summed E-state index contributed by atoms with van der Waals surface area (Å²) in [5.41, 5.74) is 1.01. The molecule has 0 saturated heterocycles. The van der Waals surface area contributed by atoms with Gasteiger partial charge in [0.25, 0.3) is 0 Å². The van der Waals surface area contributed by atoms with Crippen LogP contribution in [0.25, 0.3) is 0 Å². The summed E-state index contributed by atoms with van der Waals surface area (Å²) >= 11 is 19.4. The normalized spacial score (nSPS) is 11.8. The second-order valence-electron chi connectivity index (χ2n) is 6.24. The minimum atomic E-state index is -0.711. The molecule has 9 heteroatoms. The van der Waals surface area contributed by atoms with Crippen molar-refractivity contribution in [1.29, 1.82) is 0 Å². The summed E-state index contributed by atoms with van der Waals surface area (Å²) in [6.45, 7) is 1.78. The van der Waals surface area contributed by atoms with Crippen LogP contribution in [0.2, 0.25) is 15.1 Å². The van der Waals surface area contributed by atoms with Crippen molar-refractivity contribution >= 4 is 58.4 Å². The van der Waals surface area contributed by atoms with Crippen molar-refractivity contribution in [2.75, 3.05) is 12.8 Å². The number of rotatable bonds is 8. The fourth-order valence-electron chi connectivity index (χ4n) is 2.62. The lowest BCUT2D eigenvalue weighted by molar-refractivity contribution is -0.138. The number of benzene rings is 2. The summed E-state index contributed by atoms with van der Waals surface area (Å²) in [5.74, 6) is -0.700. The number of thioether (sulfide) groups is 1. The van der Waals surface area contributed by atoms with Crippen molar-refractivity contribution in [3.8, 4) is 0 Å². The minimum absolute atomic E-state index is 0.0528. The zero-order valence-corrected chi connectivity index (χ0v) is 18.9. The van der Waals surface area contributed by atoms with E-state index in [9.17, 15) is 14.0 Å². The first-order chi connectivity index (χ1) is 13.7. The molecule has 0 aliphatic heterocycles. The average Bonchev–Trinajstić information content (AvgIpc) is 2.68. The highest BCUT2D eigenvalue weighted by Gasteiger charge is 2.26. The molecule has 156 valence electrons. The summed E-state index contributed by atoms with van der Waals surface area (Å²) < 4.78 is 13.9. The number of hydrogen-bond acceptors (Lipinski definition) is 3. The van der Waals surface area contributed by atoms with Gasteiger partial charge in [0.2, 0.25) is 11.8 Å². The lowest BCUT2D eigenvalue weighted by atomic mass is 10.1. The monoisotopic (exact) mass is 476 g/mol. The van der Waals surface area contributed by atoms with E-state index in [1.54, 1.807) is 31.2 Å². The van der Waals surface area contributed by atoms with Crippen LogP contribution < -0.4 is 5.32 Å². The van der Waals surface area contributed by atoms with Gasteiger partial charge in [-0.05, 0) is 36.8 Å². The van der Waals surface area contributed by atoms with E-state index in [1.165, 1.54) is 35.8 Å². The molecule has 0 aliphatic rings. The number of nitrogens with zero attached hydrogens (tertiary/aromatic N) is 1. The lowest BCUT2D eigenvalue weighted by Gasteiger charge is -2.28. The Morgan fingerprint density at radius 3 is 2.52 bits per heavy atom. The first-order valence-corrected chi connectivity index (χ1v) is 11.0. The Hall–Kier alpha value is -1.47. The van der Waals surface area contributed by atoms with Gasteiger partial charge in [-0.3, -0.25) is 9.59 Å². The Morgan fingerprint density at radius 1 is 1.17 bits per heavy atom. The zero-order chi connectivity index (χ0) is 21.6. The SMILES string of the molecule is CNC(=O)[C@H](C)N(Cc1ccc(Cl)cc1Cl)C(=O)CSCc1c(F)cccc1Cl. The van der Waals surface area contributed by atoms with Gasteiger partial charge in [0.05, 0.1) is 5.75 Å². The largest absolute Gasteiger partial charge is 0.357 e. The van der Waals surface area contributed by atoms with Gasteiger partial charge < -0.3 is 10.2 Å². The molecule has 0 unspecified atom stereocenters. The molecule has 2 aromatic rings.